The van der Waals surface area contributed by atoms with Crippen molar-refractivity contribution >= 4 is 0 Å². The monoisotopic (exact) mass is 304 g/mol. The van der Waals surface area contributed by atoms with Crippen molar-refractivity contribution in [3.05, 3.63) is 54.1 Å². The van der Waals surface area contributed by atoms with Crippen molar-refractivity contribution in [1.82, 2.24) is 0 Å². The molecule has 0 amide bonds. The molecule has 0 aliphatic rings. The van der Waals surface area contributed by atoms with Crippen LogP contribution in [-0.4, -0.2) is 13.0 Å². The van der Waals surface area contributed by atoms with Crippen LogP contribution >= 0.6 is 0 Å². The van der Waals surface area contributed by atoms with Gasteiger partial charge in [0.1, 0.15) is 5.75 Å². The lowest BCUT2D eigenvalue weighted by atomic mass is 10.0. The molecule has 0 N–H and O–H groups in total. The largest absolute Gasteiger partial charge is 0.494 e. The van der Waals surface area contributed by atoms with Crippen LogP contribution in [0.5, 0.6) is 5.75 Å². The van der Waals surface area contributed by atoms with E-state index in [-0.39, 0.29) is 6.42 Å². The van der Waals surface area contributed by atoms with Crippen LogP contribution in [0.1, 0.15) is 31.7 Å². The summed E-state index contributed by atoms with van der Waals surface area (Å²) in [5.41, 5.74) is 2.75. The van der Waals surface area contributed by atoms with E-state index in [1.807, 2.05) is 36.4 Å². The summed E-state index contributed by atoms with van der Waals surface area (Å²) in [7, 11) is 0. The van der Waals surface area contributed by atoms with E-state index < -0.39 is 6.43 Å². The summed E-state index contributed by atoms with van der Waals surface area (Å²) in [5, 5.41) is 0. The Kier molecular flexibility index (Phi) is 6.38. The molecule has 2 aromatic rings. The third-order valence-corrected chi connectivity index (χ3v) is 3.55. The summed E-state index contributed by atoms with van der Waals surface area (Å²) in [6.07, 6.45) is 0.955. The summed E-state index contributed by atoms with van der Waals surface area (Å²) < 4.78 is 30.3. The molecular formula is C19H22F2O. The van der Waals surface area contributed by atoms with Gasteiger partial charge in [-0.15, -0.1) is 0 Å². The quantitative estimate of drug-likeness (QED) is 0.566. The first kappa shape index (κ1) is 16.5. The van der Waals surface area contributed by atoms with E-state index in [0.29, 0.717) is 5.56 Å². The Morgan fingerprint density at radius 3 is 2.00 bits per heavy atom. The maximum Gasteiger partial charge on any atom is 0.242 e. The van der Waals surface area contributed by atoms with Crippen LogP contribution in [0, 0.1) is 0 Å². The summed E-state index contributed by atoms with van der Waals surface area (Å²) in [5.74, 6) is 0.870. The summed E-state index contributed by atoms with van der Waals surface area (Å²) in [6.45, 7) is 2.91. The van der Waals surface area contributed by atoms with Gasteiger partial charge in [0.05, 0.1) is 6.61 Å². The van der Waals surface area contributed by atoms with Crippen molar-refractivity contribution < 1.29 is 13.5 Å². The molecule has 0 spiro atoms. The molecule has 0 bridgehead atoms. The molecule has 3 heteroatoms. The van der Waals surface area contributed by atoms with Crippen molar-refractivity contribution in [2.75, 3.05) is 6.61 Å². The van der Waals surface area contributed by atoms with Crippen molar-refractivity contribution in [3.63, 3.8) is 0 Å². The minimum absolute atomic E-state index is 0.190. The molecule has 0 saturated heterocycles. The molecule has 0 aromatic heterocycles. The van der Waals surface area contributed by atoms with Gasteiger partial charge >= 0.3 is 0 Å². The van der Waals surface area contributed by atoms with Crippen molar-refractivity contribution in [2.45, 2.75) is 39.0 Å². The third kappa shape index (κ3) is 5.14. The fraction of sp³-hybridized carbons (Fsp3) is 0.368. The highest BCUT2D eigenvalue weighted by Gasteiger charge is 2.05. The smallest absolute Gasteiger partial charge is 0.242 e. The lowest BCUT2D eigenvalue weighted by molar-refractivity contribution is 0.149. The lowest BCUT2D eigenvalue weighted by Gasteiger charge is -2.08. The van der Waals surface area contributed by atoms with E-state index >= 15 is 0 Å². The zero-order chi connectivity index (χ0) is 15.8. The molecular weight excluding hydrogens is 282 g/mol. The molecule has 0 aliphatic carbocycles. The van der Waals surface area contributed by atoms with Gasteiger partial charge in [0.25, 0.3) is 0 Å². The zero-order valence-corrected chi connectivity index (χ0v) is 12.9. The van der Waals surface area contributed by atoms with Gasteiger partial charge in [0.2, 0.25) is 6.43 Å². The minimum atomic E-state index is -2.30. The summed E-state index contributed by atoms with van der Waals surface area (Å²) in [4.78, 5) is 0. The Morgan fingerprint density at radius 2 is 1.45 bits per heavy atom. The van der Waals surface area contributed by atoms with Gasteiger partial charge in [0, 0.05) is 6.42 Å². The molecule has 0 atom stereocenters. The molecule has 2 aromatic carbocycles. The number of rotatable bonds is 8. The number of hydrogen-bond donors (Lipinski definition) is 0. The van der Waals surface area contributed by atoms with Crippen molar-refractivity contribution in [3.8, 4) is 16.9 Å². The van der Waals surface area contributed by atoms with E-state index in [4.69, 9.17) is 4.74 Å². The second-order valence-electron chi connectivity index (χ2n) is 5.37. The minimum Gasteiger partial charge on any atom is -0.494 e. The fourth-order valence-electron chi connectivity index (χ4n) is 2.30. The third-order valence-electron chi connectivity index (χ3n) is 3.55. The average Bonchev–Trinajstić information content (AvgIpc) is 2.52. The van der Waals surface area contributed by atoms with Crippen LogP contribution in [0.15, 0.2) is 48.5 Å². The van der Waals surface area contributed by atoms with Gasteiger partial charge in [-0.2, -0.15) is 0 Å². The topological polar surface area (TPSA) is 9.23 Å². The molecule has 0 aliphatic heterocycles. The van der Waals surface area contributed by atoms with Crippen LogP contribution in [0.2, 0.25) is 0 Å². The van der Waals surface area contributed by atoms with Gasteiger partial charge in [-0.25, -0.2) is 8.78 Å². The predicted octanol–water partition coefficient (Wildman–Crippen LogP) is 5.73. The number of hydrogen-bond acceptors (Lipinski definition) is 1. The fourth-order valence-corrected chi connectivity index (χ4v) is 2.30. The molecule has 22 heavy (non-hydrogen) atoms. The van der Waals surface area contributed by atoms with E-state index in [9.17, 15) is 8.78 Å². The van der Waals surface area contributed by atoms with E-state index in [0.717, 1.165) is 29.9 Å². The highest BCUT2D eigenvalue weighted by atomic mass is 19.3. The molecule has 0 heterocycles. The molecule has 0 unspecified atom stereocenters. The molecule has 0 fully saturated rings. The number of alkyl halides is 2. The highest BCUT2D eigenvalue weighted by Crippen LogP contribution is 2.23. The molecule has 0 saturated carbocycles. The summed E-state index contributed by atoms with van der Waals surface area (Å²) >= 11 is 0. The van der Waals surface area contributed by atoms with Gasteiger partial charge in [0.15, 0.2) is 0 Å². The van der Waals surface area contributed by atoms with Crippen LogP contribution < -0.4 is 4.74 Å². The lowest BCUT2D eigenvalue weighted by Crippen LogP contribution is -1.97. The predicted molar refractivity (Wildman–Crippen MR) is 86.6 cm³/mol. The van der Waals surface area contributed by atoms with Crippen LogP contribution in [0.4, 0.5) is 8.78 Å². The van der Waals surface area contributed by atoms with Gasteiger partial charge in [-0.1, -0.05) is 56.2 Å². The van der Waals surface area contributed by atoms with E-state index in [2.05, 4.69) is 6.92 Å². The van der Waals surface area contributed by atoms with Crippen LogP contribution in [-0.2, 0) is 6.42 Å². The van der Waals surface area contributed by atoms with Gasteiger partial charge in [-0.3, -0.25) is 0 Å². The number of halogens is 2. The van der Waals surface area contributed by atoms with Crippen LogP contribution in [0.3, 0.4) is 0 Å². The van der Waals surface area contributed by atoms with E-state index in [1.54, 1.807) is 12.1 Å². The Labute approximate surface area is 130 Å². The number of ether oxygens (including phenoxy) is 1. The Morgan fingerprint density at radius 1 is 0.864 bits per heavy atom. The Hall–Kier alpha value is -1.90. The molecule has 0 radical (unpaired) electrons. The maximum absolute atomic E-state index is 12.3. The first-order valence-corrected chi connectivity index (χ1v) is 7.79. The normalized spacial score (nSPS) is 10.9. The Bertz CT molecular complexity index is 547. The number of benzene rings is 2. The van der Waals surface area contributed by atoms with Gasteiger partial charge in [-0.05, 0) is 35.2 Å². The zero-order valence-electron chi connectivity index (χ0n) is 12.9. The SMILES string of the molecule is CCCCCOc1ccc(-c2ccc(CC(F)F)cc2)cc1. The maximum atomic E-state index is 12.3. The van der Waals surface area contributed by atoms with Crippen LogP contribution in [0.25, 0.3) is 11.1 Å². The molecule has 2 rings (SSSR count). The Balaban J connectivity index is 1.95. The first-order valence-electron chi connectivity index (χ1n) is 7.79. The highest BCUT2D eigenvalue weighted by molar-refractivity contribution is 5.64. The van der Waals surface area contributed by atoms with Crippen molar-refractivity contribution in [1.29, 1.82) is 0 Å². The number of unbranched alkanes of at least 4 members (excludes halogenated alkanes) is 2. The second kappa shape index (κ2) is 8.52. The molecule has 118 valence electrons. The van der Waals surface area contributed by atoms with Crippen molar-refractivity contribution in [2.24, 2.45) is 0 Å². The second-order valence-corrected chi connectivity index (χ2v) is 5.37. The average molecular weight is 304 g/mol. The first-order chi connectivity index (χ1) is 10.7. The standard InChI is InChI=1S/C19H22F2O/c1-2-3-4-13-22-18-11-9-17(10-12-18)16-7-5-15(6-8-16)14-19(20)21/h5-12,19H,2-4,13-14H2,1H3. The van der Waals surface area contributed by atoms with E-state index in [1.165, 1.54) is 12.8 Å². The molecule has 1 nitrogen and oxygen atoms in total. The van der Waals surface area contributed by atoms with Gasteiger partial charge < -0.3 is 4.74 Å². The summed E-state index contributed by atoms with van der Waals surface area (Å²) in [6, 6.07) is 15.2.